The SMILES string of the molecule is CCCCNc1nc(C(=O)N2CCCCC2C(=O)N2CCOCC2)cs1. The molecule has 1 aromatic heterocycles. The molecule has 8 heteroatoms. The van der Waals surface area contributed by atoms with E-state index in [2.05, 4.69) is 17.2 Å². The third-order valence-electron chi connectivity index (χ3n) is 4.90. The molecule has 2 aliphatic rings. The highest BCUT2D eigenvalue weighted by atomic mass is 32.1. The predicted molar refractivity (Wildman–Crippen MR) is 102 cm³/mol. The molecule has 2 aliphatic heterocycles. The van der Waals surface area contributed by atoms with Crippen LogP contribution in [0, 0.1) is 0 Å². The van der Waals surface area contributed by atoms with Crippen LogP contribution in [0.3, 0.4) is 0 Å². The van der Waals surface area contributed by atoms with Crippen molar-refractivity contribution in [3.05, 3.63) is 11.1 Å². The van der Waals surface area contributed by atoms with Gasteiger partial charge >= 0.3 is 0 Å². The topological polar surface area (TPSA) is 74.8 Å². The van der Waals surface area contributed by atoms with Gasteiger partial charge in [-0.2, -0.15) is 0 Å². The maximum Gasteiger partial charge on any atom is 0.274 e. The third-order valence-corrected chi connectivity index (χ3v) is 5.70. The average molecular weight is 381 g/mol. The monoisotopic (exact) mass is 380 g/mol. The van der Waals surface area contributed by atoms with E-state index in [0.29, 0.717) is 38.5 Å². The first-order valence-electron chi connectivity index (χ1n) is 9.57. The summed E-state index contributed by atoms with van der Waals surface area (Å²) in [7, 11) is 0. The van der Waals surface area contributed by atoms with E-state index in [1.54, 1.807) is 10.3 Å². The van der Waals surface area contributed by atoms with Crippen LogP contribution >= 0.6 is 11.3 Å². The number of aromatic nitrogens is 1. The van der Waals surface area contributed by atoms with Crippen molar-refractivity contribution in [2.45, 2.75) is 45.1 Å². The summed E-state index contributed by atoms with van der Waals surface area (Å²) in [5.41, 5.74) is 0.440. The van der Waals surface area contributed by atoms with Crippen LogP contribution in [0.4, 0.5) is 5.13 Å². The molecule has 3 heterocycles. The first-order chi connectivity index (χ1) is 12.7. The Kier molecular flexibility index (Phi) is 6.85. The Balaban J connectivity index is 1.66. The van der Waals surface area contributed by atoms with E-state index in [4.69, 9.17) is 4.74 Å². The zero-order chi connectivity index (χ0) is 18.4. The number of likely N-dealkylation sites (tertiary alicyclic amines) is 1. The fraction of sp³-hybridized carbons (Fsp3) is 0.722. The second-order valence-electron chi connectivity index (χ2n) is 6.77. The summed E-state index contributed by atoms with van der Waals surface area (Å²) in [6.45, 7) is 5.99. The molecule has 1 atom stereocenters. The zero-order valence-electron chi connectivity index (χ0n) is 15.4. The van der Waals surface area contributed by atoms with Crippen molar-refractivity contribution in [1.82, 2.24) is 14.8 Å². The van der Waals surface area contributed by atoms with Crippen molar-refractivity contribution < 1.29 is 14.3 Å². The quantitative estimate of drug-likeness (QED) is 0.766. The fourth-order valence-corrected chi connectivity index (χ4v) is 4.11. The van der Waals surface area contributed by atoms with Crippen LogP contribution in [0.25, 0.3) is 0 Å². The molecule has 144 valence electrons. The molecule has 7 nitrogen and oxygen atoms in total. The molecule has 2 amide bonds. The molecule has 26 heavy (non-hydrogen) atoms. The van der Waals surface area contributed by atoms with Gasteiger partial charge in [0.1, 0.15) is 11.7 Å². The van der Waals surface area contributed by atoms with Gasteiger partial charge in [-0.15, -0.1) is 11.3 Å². The molecule has 0 saturated carbocycles. The number of hydrogen-bond acceptors (Lipinski definition) is 6. The predicted octanol–water partition coefficient (Wildman–Crippen LogP) is 2.21. The van der Waals surface area contributed by atoms with E-state index >= 15 is 0 Å². The van der Waals surface area contributed by atoms with Gasteiger partial charge in [0.2, 0.25) is 5.91 Å². The van der Waals surface area contributed by atoms with E-state index in [1.165, 1.54) is 11.3 Å². The van der Waals surface area contributed by atoms with Crippen LogP contribution in [-0.4, -0.2) is 72.0 Å². The van der Waals surface area contributed by atoms with E-state index in [0.717, 1.165) is 43.8 Å². The number of anilines is 1. The summed E-state index contributed by atoms with van der Waals surface area (Å²) in [6.07, 6.45) is 4.83. The summed E-state index contributed by atoms with van der Waals surface area (Å²) in [6, 6.07) is -0.368. The van der Waals surface area contributed by atoms with Crippen molar-refractivity contribution in [2.75, 3.05) is 44.7 Å². The number of nitrogens with zero attached hydrogens (tertiary/aromatic N) is 3. The summed E-state index contributed by atoms with van der Waals surface area (Å²) in [4.78, 5) is 33.9. The van der Waals surface area contributed by atoms with Gasteiger partial charge < -0.3 is 19.9 Å². The smallest absolute Gasteiger partial charge is 0.274 e. The molecule has 3 rings (SSSR count). The number of carbonyl (C=O) groups excluding carboxylic acids is 2. The lowest BCUT2D eigenvalue weighted by molar-refractivity contribution is -0.141. The largest absolute Gasteiger partial charge is 0.378 e. The van der Waals surface area contributed by atoms with Crippen LogP contribution in [0.5, 0.6) is 0 Å². The van der Waals surface area contributed by atoms with Crippen LogP contribution in [-0.2, 0) is 9.53 Å². The number of hydrogen-bond donors (Lipinski definition) is 1. The number of rotatable bonds is 6. The number of thiazole rings is 1. The maximum absolute atomic E-state index is 13.0. The van der Waals surface area contributed by atoms with Crippen molar-refractivity contribution in [1.29, 1.82) is 0 Å². The van der Waals surface area contributed by atoms with Gasteiger partial charge in [0.05, 0.1) is 13.2 Å². The van der Waals surface area contributed by atoms with Gasteiger partial charge in [0.15, 0.2) is 5.13 Å². The first kappa shape index (κ1) is 19.1. The zero-order valence-corrected chi connectivity index (χ0v) is 16.2. The second kappa shape index (κ2) is 9.32. The number of ether oxygens (including phenoxy) is 1. The number of amides is 2. The van der Waals surface area contributed by atoms with E-state index < -0.39 is 0 Å². The minimum absolute atomic E-state index is 0.0536. The lowest BCUT2D eigenvalue weighted by Gasteiger charge is -2.38. The molecule has 1 aromatic rings. The molecule has 2 fully saturated rings. The first-order valence-corrected chi connectivity index (χ1v) is 10.5. The van der Waals surface area contributed by atoms with E-state index in [1.807, 2.05) is 4.90 Å². The Hall–Kier alpha value is -1.67. The molecule has 0 aromatic carbocycles. The molecule has 0 aliphatic carbocycles. The molecule has 1 N–H and O–H groups in total. The summed E-state index contributed by atoms with van der Waals surface area (Å²) in [5, 5.41) is 5.82. The average Bonchev–Trinajstić information content (AvgIpc) is 3.17. The second-order valence-corrected chi connectivity index (χ2v) is 7.62. The van der Waals surface area contributed by atoms with Crippen molar-refractivity contribution in [3.8, 4) is 0 Å². The number of piperidine rings is 1. The lowest BCUT2D eigenvalue weighted by atomic mass is 10.00. The number of unbranched alkanes of at least 4 members (excludes halogenated alkanes) is 1. The standard InChI is InChI=1S/C18H28N4O3S/c1-2-3-7-19-18-20-14(13-26-18)16(23)22-8-5-4-6-15(22)17(24)21-9-11-25-12-10-21/h13,15H,2-12H2,1H3,(H,19,20). The Morgan fingerprint density at radius 1 is 1.31 bits per heavy atom. The Labute approximate surface area is 158 Å². The fourth-order valence-electron chi connectivity index (χ4n) is 3.40. The minimum Gasteiger partial charge on any atom is -0.378 e. The van der Waals surface area contributed by atoms with E-state index in [-0.39, 0.29) is 17.9 Å². The molecule has 0 spiro atoms. The minimum atomic E-state index is -0.368. The molecule has 2 saturated heterocycles. The van der Waals surface area contributed by atoms with Gasteiger partial charge in [-0.25, -0.2) is 4.98 Å². The summed E-state index contributed by atoms with van der Waals surface area (Å²) >= 11 is 1.45. The number of carbonyl (C=O) groups is 2. The van der Waals surface area contributed by atoms with Gasteiger partial charge in [0, 0.05) is 31.6 Å². The van der Waals surface area contributed by atoms with Crippen molar-refractivity contribution in [2.24, 2.45) is 0 Å². The molecule has 0 radical (unpaired) electrons. The Bertz CT molecular complexity index is 615. The van der Waals surface area contributed by atoms with Gasteiger partial charge in [-0.1, -0.05) is 13.3 Å². The number of nitrogens with one attached hydrogen (secondary N) is 1. The maximum atomic E-state index is 13.0. The molecule has 1 unspecified atom stereocenters. The normalized spacial score (nSPS) is 20.9. The summed E-state index contributed by atoms with van der Waals surface area (Å²) < 4.78 is 5.33. The highest BCUT2D eigenvalue weighted by Gasteiger charge is 2.36. The number of morpholine rings is 1. The van der Waals surface area contributed by atoms with Crippen LogP contribution in [0.2, 0.25) is 0 Å². The molecular weight excluding hydrogens is 352 g/mol. The van der Waals surface area contributed by atoms with Gasteiger partial charge in [-0.05, 0) is 25.7 Å². The summed E-state index contributed by atoms with van der Waals surface area (Å²) in [5.74, 6) is -0.0750. The van der Waals surface area contributed by atoms with Crippen LogP contribution in [0.15, 0.2) is 5.38 Å². The lowest BCUT2D eigenvalue weighted by Crippen LogP contribution is -2.55. The highest BCUT2D eigenvalue weighted by molar-refractivity contribution is 7.13. The van der Waals surface area contributed by atoms with Crippen molar-refractivity contribution in [3.63, 3.8) is 0 Å². The van der Waals surface area contributed by atoms with Crippen LogP contribution in [0.1, 0.15) is 49.5 Å². The van der Waals surface area contributed by atoms with E-state index in [9.17, 15) is 9.59 Å². The Morgan fingerprint density at radius 3 is 2.88 bits per heavy atom. The van der Waals surface area contributed by atoms with Gasteiger partial charge in [0.25, 0.3) is 5.91 Å². The van der Waals surface area contributed by atoms with Gasteiger partial charge in [-0.3, -0.25) is 9.59 Å². The van der Waals surface area contributed by atoms with Crippen LogP contribution < -0.4 is 5.32 Å². The third kappa shape index (κ3) is 4.54. The molecular formula is C18H28N4O3S. The highest BCUT2D eigenvalue weighted by Crippen LogP contribution is 2.24. The van der Waals surface area contributed by atoms with Crippen molar-refractivity contribution >= 4 is 28.3 Å². The Morgan fingerprint density at radius 2 is 2.12 bits per heavy atom. The molecule has 0 bridgehead atoms.